The quantitative estimate of drug-likeness (QED) is 0.506. The van der Waals surface area contributed by atoms with Gasteiger partial charge in [0.15, 0.2) is 6.04 Å². The van der Waals surface area contributed by atoms with E-state index >= 15 is 0 Å². The van der Waals surface area contributed by atoms with Gasteiger partial charge in [-0.3, -0.25) is 10.2 Å². The molecule has 2 aromatic carbocycles. The number of hydrogen-bond acceptors (Lipinski definition) is 2. The SMILES string of the molecule is CCCCCCCc1ccc2ccccc2c1[C@H](N1CC(C)(C)C(=O)N1)C(F)(F)F. The summed E-state index contributed by atoms with van der Waals surface area (Å²) < 4.78 is 43.3. The molecule has 0 spiro atoms. The number of fused-ring (bicyclic) bond motifs is 1. The molecule has 2 aromatic rings. The molecule has 1 heterocycles. The van der Waals surface area contributed by atoms with E-state index in [1.54, 1.807) is 26.0 Å². The van der Waals surface area contributed by atoms with E-state index in [1.165, 1.54) is 0 Å². The number of hydrazine groups is 1. The molecule has 0 saturated carbocycles. The number of nitrogens with one attached hydrogen (secondary N) is 1. The molecule has 1 atom stereocenters. The molecule has 6 heteroatoms. The molecule has 0 bridgehead atoms. The highest BCUT2D eigenvalue weighted by Crippen LogP contribution is 2.44. The summed E-state index contributed by atoms with van der Waals surface area (Å²) in [6, 6.07) is 9.06. The van der Waals surface area contributed by atoms with E-state index in [4.69, 9.17) is 0 Å². The van der Waals surface area contributed by atoms with Crippen LogP contribution in [0.2, 0.25) is 0 Å². The molecule has 1 saturated heterocycles. The van der Waals surface area contributed by atoms with Gasteiger partial charge in [0.25, 0.3) is 0 Å². The number of alkyl halides is 3. The standard InChI is InChI=1S/C24H31F3N2O/c1-4-5-6-7-8-12-18-15-14-17-11-9-10-13-19(17)20(18)21(24(25,26)27)29-16-23(2,3)22(30)28-29/h9-11,13-15,21H,4-8,12,16H2,1-3H3,(H,28,30)/t21-/m0/s1. The average Bonchev–Trinajstić information content (AvgIpc) is 2.94. The summed E-state index contributed by atoms with van der Waals surface area (Å²) in [5.74, 6) is -0.377. The first-order valence-corrected chi connectivity index (χ1v) is 10.8. The van der Waals surface area contributed by atoms with E-state index in [0.717, 1.165) is 42.5 Å². The summed E-state index contributed by atoms with van der Waals surface area (Å²) in [7, 11) is 0. The fourth-order valence-corrected chi connectivity index (χ4v) is 4.27. The summed E-state index contributed by atoms with van der Waals surface area (Å²) in [5.41, 5.74) is 2.62. The topological polar surface area (TPSA) is 32.3 Å². The molecule has 0 aliphatic carbocycles. The summed E-state index contributed by atoms with van der Waals surface area (Å²) in [6.45, 7) is 5.50. The van der Waals surface area contributed by atoms with Gasteiger partial charge in [-0.05, 0) is 48.6 Å². The van der Waals surface area contributed by atoms with Crippen molar-refractivity contribution in [1.82, 2.24) is 10.4 Å². The molecule has 0 radical (unpaired) electrons. The lowest BCUT2D eigenvalue weighted by Crippen LogP contribution is -2.44. The van der Waals surface area contributed by atoms with Crippen molar-refractivity contribution in [3.8, 4) is 0 Å². The minimum Gasteiger partial charge on any atom is -0.287 e. The van der Waals surface area contributed by atoms with Crippen LogP contribution in [0.1, 0.15) is 70.0 Å². The van der Waals surface area contributed by atoms with Gasteiger partial charge in [0.05, 0.1) is 5.41 Å². The van der Waals surface area contributed by atoms with Crippen molar-refractivity contribution in [3.05, 3.63) is 47.5 Å². The Morgan fingerprint density at radius 3 is 2.40 bits per heavy atom. The van der Waals surface area contributed by atoms with Crippen molar-refractivity contribution in [2.75, 3.05) is 6.54 Å². The van der Waals surface area contributed by atoms with Crippen LogP contribution >= 0.6 is 0 Å². The third-order valence-electron chi connectivity index (χ3n) is 5.93. The van der Waals surface area contributed by atoms with Crippen LogP contribution in [0, 0.1) is 5.41 Å². The van der Waals surface area contributed by atoms with Gasteiger partial charge >= 0.3 is 6.18 Å². The smallest absolute Gasteiger partial charge is 0.287 e. The second kappa shape index (κ2) is 8.96. The molecule has 1 fully saturated rings. The predicted octanol–water partition coefficient (Wildman–Crippen LogP) is 6.33. The van der Waals surface area contributed by atoms with Crippen LogP contribution in [0.25, 0.3) is 10.8 Å². The van der Waals surface area contributed by atoms with Crippen molar-refractivity contribution in [2.45, 2.75) is 71.5 Å². The average molecular weight is 421 g/mol. The molecular weight excluding hydrogens is 389 g/mol. The summed E-state index contributed by atoms with van der Waals surface area (Å²) in [4.78, 5) is 12.3. The number of unbranched alkanes of at least 4 members (excludes halogenated alkanes) is 4. The molecule has 164 valence electrons. The monoisotopic (exact) mass is 420 g/mol. The van der Waals surface area contributed by atoms with Crippen LogP contribution < -0.4 is 5.43 Å². The third kappa shape index (κ3) is 4.80. The van der Waals surface area contributed by atoms with Gasteiger partial charge in [-0.2, -0.15) is 13.2 Å². The highest BCUT2D eigenvalue weighted by molar-refractivity contribution is 5.88. The summed E-state index contributed by atoms with van der Waals surface area (Å²) in [5, 5.41) is 2.47. The van der Waals surface area contributed by atoms with E-state index in [1.807, 2.05) is 24.3 Å². The van der Waals surface area contributed by atoms with Crippen LogP contribution in [0.3, 0.4) is 0 Å². The number of aryl methyl sites for hydroxylation is 1. The zero-order valence-corrected chi connectivity index (χ0v) is 18.0. The number of benzene rings is 2. The van der Waals surface area contributed by atoms with Crippen LogP contribution in [0.15, 0.2) is 36.4 Å². The van der Waals surface area contributed by atoms with Crippen molar-refractivity contribution in [2.24, 2.45) is 5.41 Å². The first kappa shape index (κ1) is 22.6. The second-order valence-electron chi connectivity index (χ2n) is 8.92. The number of nitrogens with zero attached hydrogens (tertiary/aromatic N) is 1. The number of carbonyl (C=O) groups excluding carboxylic acids is 1. The number of carbonyl (C=O) groups is 1. The first-order valence-electron chi connectivity index (χ1n) is 10.8. The lowest BCUT2D eigenvalue weighted by molar-refractivity contribution is -0.191. The summed E-state index contributed by atoms with van der Waals surface area (Å²) in [6.07, 6.45) is 1.30. The minimum absolute atomic E-state index is 0.00910. The Morgan fingerprint density at radius 2 is 1.77 bits per heavy atom. The zero-order valence-electron chi connectivity index (χ0n) is 18.0. The van der Waals surface area contributed by atoms with E-state index in [2.05, 4.69) is 12.3 Å². The third-order valence-corrected chi connectivity index (χ3v) is 5.93. The predicted molar refractivity (Wildman–Crippen MR) is 114 cm³/mol. The maximum Gasteiger partial charge on any atom is 0.409 e. The van der Waals surface area contributed by atoms with Crippen LogP contribution in [-0.4, -0.2) is 23.6 Å². The maximum atomic E-state index is 14.4. The Hall–Kier alpha value is -2.08. The Morgan fingerprint density at radius 1 is 1.07 bits per heavy atom. The highest BCUT2D eigenvalue weighted by Gasteiger charge is 2.52. The lowest BCUT2D eigenvalue weighted by Gasteiger charge is -2.32. The van der Waals surface area contributed by atoms with Gasteiger partial charge in [-0.25, -0.2) is 5.01 Å². The molecule has 1 aliphatic rings. The Labute approximate surface area is 176 Å². The van der Waals surface area contributed by atoms with Gasteiger partial charge in [0.1, 0.15) is 0 Å². The minimum atomic E-state index is -4.52. The second-order valence-corrected chi connectivity index (χ2v) is 8.92. The van der Waals surface area contributed by atoms with Crippen molar-refractivity contribution in [1.29, 1.82) is 0 Å². The van der Waals surface area contributed by atoms with E-state index < -0.39 is 17.6 Å². The van der Waals surface area contributed by atoms with Gasteiger partial charge in [-0.15, -0.1) is 0 Å². The maximum absolute atomic E-state index is 14.4. The van der Waals surface area contributed by atoms with Crippen molar-refractivity contribution < 1.29 is 18.0 Å². The fourth-order valence-electron chi connectivity index (χ4n) is 4.27. The lowest BCUT2D eigenvalue weighted by atomic mass is 9.89. The zero-order chi connectivity index (χ0) is 21.9. The summed E-state index contributed by atoms with van der Waals surface area (Å²) >= 11 is 0. The Kier molecular flexibility index (Phi) is 6.75. The van der Waals surface area contributed by atoms with Crippen LogP contribution in [-0.2, 0) is 11.2 Å². The Bertz CT molecular complexity index is 892. The van der Waals surface area contributed by atoms with Crippen molar-refractivity contribution >= 4 is 16.7 Å². The normalized spacial score (nSPS) is 18.0. The number of rotatable bonds is 8. The van der Waals surface area contributed by atoms with Crippen molar-refractivity contribution in [3.63, 3.8) is 0 Å². The van der Waals surface area contributed by atoms with E-state index in [9.17, 15) is 18.0 Å². The molecule has 3 rings (SSSR count). The van der Waals surface area contributed by atoms with Gasteiger partial charge in [0.2, 0.25) is 5.91 Å². The number of hydrogen-bond donors (Lipinski definition) is 1. The molecule has 1 aliphatic heterocycles. The van der Waals surface area contributed by atoms with Gasteiger partial charge in [0, 0.05) is 6.54 Å². The highest BCUT2D eigenvalue weighted by atomic mass is 19.4. The molecule has 30 heavy (non-hydrogen) atoms. The first-order chi connectivity index (χ1) is 14.1. The molecule has 1 N–H and O–H groups in total. The molecule has 0 aromatic heterocycles. The van der Waals surface area contributed by atoms with E-state index in [-0.39, 0.29) is 18.0 Å². The molecule has 3 nitrogen and oxygen atoms in total. The Balaban J connectivity index is 2.04. The fraction of sp³-hybridized carbons (Fsp3) is 0.542. The largest absolute Gasteiger partial charge is 0.409 e. The van der Waals surface area contributed by atoms with Gasteiger partial charge in [-0.1, -0.05) is 69.0 Å². The molecule has 0 unspecified atom stereocenters. The van der Waals surface area contributed by atoms with Crippen LogP contribution in [0.4, 0.5) is 13.2 Å². The van der Waals surface area contributed by atoms with Gasteiger partial charge < -0.3 is 0 Å². The van der Waals surface area contributed by atoms with Crippen LogP contribution in [0.5, 0.6) is 0 Å². The molecule has 1 amide bonds. The number of amides is 1. The van der Waals surface area contributed by atoms with E-state index in [0.29, 0.717) is 17.4 Å². The molecular formula is C24H31F3N2O. The number of halogens is 3.